The SMILES string of the molecule is Cc1cccc(N=Nc2c(O)n(C3CSC3)c3ccc(C(C)C)cc23)c1. The average Bonchev–Trinajstić information content (AvgIpc) is 2.83. The zero-order chi connectivity index (χ0) is 18.3. The lowest BCUT2D eigenvalue weighted by molar-refractivity contribution is 0.406. The van der Waals surface area contributed by atoms with Gasteiger partial charge < -0.3 is 9.67 Å². The van der Waals surface area contributed by atoms with E-state index >= 15 is 0 Å². The lowest BCUT2D eigenvalue weighted by Gasteiger charge is -2.27. The van der Waals surface area contributed by atoms with Gasteiger partial charge in [-0.05, 0) is 48.2 Å². The van der Waals surface area contributed by atoms with Crippen LogP contribution in [0.1, 0.15) is 36.9 Å². The zero-order valence-corrected chi connectivity index (χ0v) is 16.1. The van der Waals surface area contributed by atoms with E-state index in [4.69, 9.17) is 0 Å². The molecule has 2 aromatic carbocycles. The summed E-state index contributed by atoms with van der Waals surface area (Å²) in [5.74, 6) is 2.70. The van der Waals surface area contributed by atoms with Gasteiger partial charge >= 0.3 is 0 Å². The van der Waals surface area contributed by atoms with Crippen molar-refractivity contribution in [2.24, 2.45) is 10.2 Å². The summed E-state index contributed by atoms with van der Waals surface area (Å²) >= 11 is 1.90. The standard InChI is InChI=1S/C21H23N3OS/c1-13(2)15-7-8-19-18(10-15)20(21(25)24(19)17-11-26-12-17)23-22-16-6-4-5-14(3)9-16/h4-10,13,17,25H,11-12H2,1-3H3. The molecule has 1 aliphatic heterocycles. The predicted molar refractivity (Wildman–Crippen MR) is 109 cm³/mol. The Kier molecular flexibility index (Phi) is 4.49. The van der Waals surface area contributed by atoms with Gasteiger partial charge in [-0.2, -0.15) is 16.9 Å². The summed E-state index contributed by atoms with van der Waals surface area (Å²) in [6.07, 6.45) is 0. The van der Waals surface area contributed by atoms with Crippen LogP contribution in [0, 0.1) is 6.92 Å². The number of thioether (sulfide) groups is 1. The molecule has 1 aromatic heterocycles. The second-order valence-corrected chi connectivity index (χ2v) is 8.28. The van der Waals surface area contributed by atoms with Crippen molar-refractivity contribution in [1.82, 2.24) is 4.57 Å². The molecular formula is C21H23N3OS. The molecule has 4 nitrogen and oxygen atoms in total. The van der Waals surface area contributed by atoms with Gasteiger partial charge in [-0.3, -0.25) is 0 Å². The Bertz CT molecular complexity index is 986. The van der Waals surface area contributed by atoms with E-state index in [0.717, 1.165) is 33.7 Å². The Morgan fingerprint density at radius 2 is 1.92 bits per heavy atom. The largest absolute Gasteiger partial charge is 0.493 e. The number of hydrogen-bond acceptors (Lipinski definition) is 4. The highest BCUT2D eigenvalue weighted by molar-refractivity contribution is 8.00. The number of nitrogens with zero attached hydrogens (tertiary/aromatic N) is 3. The highest BCUT2D eigenvalue weighted by atomic mass is 32.2. The zero-order valence-electron chi connectivity index (χ0n) is 15.3. The van der Waals surface area contributed by atoms with Crippen LogP contribution in [-0.2, 0) is 0 Å². The minimum atomic E-state index is 0.225. The molecule has 1 N–H and O–H groups in total. The number of aromatic hydroxyl groups is 1. The number of hydrogen-bond donors (Lipinski definition) is 1. The second-order valence-electron chi connectivity index (χ2n) is 7.20. The van der Waals surface area contributed by atoms with Crippen LogP contribution in [0.3, 0.4) is 0 Å². The van der Waals surface area contributed by atoms with Gasteiger partial charge in [0.15, 0.2) is 5.69 Å². The molecule has 0 spiro atoms. The van der Waals surface area contributed by atoms with Gasteiger partial charge in [-0.15, -0.1) is 5.11 Å². The molecule has 3 aromatic rings. The number of aryl methyl sites for hydroxylation is 1. The van der Waals surface area contributed by atoms with E-state index in [9.17, 15) is 5.11 Å². The summed E-state index contributed by atoms with van der Waals surface area (Å²) in [6.45, 7) is 6.38. The first kappa shape index (κ1) is 17.2. The van der Waals surface area contributed by atoms with Crippen molar-refractivity contribution < 1.29 is 5.11 Å². The minimum absolute atomic E-state index is 0.225. The molecule has 1 fully saturated rings. The topological polar surface area (TPSA) is 49.9 Å². The van der Waals surface area contributed by atoms with Crippen molar-refractivity contribution in [2.45, 2.75) is 32.7 Å². The number of rotatable bonds is 4. The van der Waals surface area contributed by atoms with Gasteiger partial charge in [0, 0.05) is 16.9 Å². The number of fused-ring (bicyclic) bond motifs is 1. The summed E-state index contributed by atoms with van der Waals surface area (Å²) in [7, 11) is 0. The lowest BCUT2D eigenvalue weighted by Crippen LogP contribution is -2.22. The van der Waals surface area contributed by atoms with Gasteiger partial charge in [0.25, 0.3) is 0 Å². The molecule has 1 aliphatic rings. The first-order valence-corrected chi connectivity index (χ1v) is 10.1. The fraction of sp³-hybridized carbons (Fsp3) is 0.333. The average molecular weight is 366 g/mol. The fourth-order valence-corrected chi connectivity index (χ4v) is 4.04. The second kappa shape index (κ2) is 6.80. The van der Waals surface area contributed by atoms with Crippen molar-refractivity contribution in [2.75, 3.05) is 11.5 Å². The van der Waals surface area contributed by atoms with Crippen molar-refractivity contribution in [3.8, 4) is 5.88 Å². The molecule has 4 rings (SSSR count). The van der Waals surface area contributed by atoms with Gasteiger partial charge in [0.2, 0.25) is 5.88 Å². The molecular weight excluding hydrogens is 342 g/mol. The quantitative estimate of drug-likeness (QED) is 0.538. The molecule has 134 valence electrons. The third-order valence-corrected chi connectivity index (χ3v) is 6.14. The Labute approximate surface area is 158 Å². The molecule has 0 bridgehead atoms. The Hall–Kier alpha value is -2.27. The third-order valence-electron chi connectivity index (χ3n) is 4.89. The van der Waals surface area contributed by atoms with Gasteiger partial charge in [-0.1, -0.05) is 32.0 Å². The number of aromatic nitrogens is 1. The lowest BCUT2D eigenvalue weighted by atomic mass is 10.0. The molecule has 26 heavy (non-hydrogen) atoms. The molecule has 2 heterocycles. The number of benzene rings is 2. The highest BCUT2D eigenvalue weighted by Crippen LogP contribution is 2.45. The van der Waals surface area contributed by atoms with Crippen LogP contribution in [0.15, 0.2) is 52.7 Å². The monoisotopic (exact) mass is 365 g/mol. The molecule has 0 unspecified atom stereocenters. The van der Waals surface area contributed by atoms with Crippen LogP contribution in [0.2, 0.25) is 0 Å². The first-order valence-electron chi connectivity index (χ1n) is 8.97. The maximum atomic E-state index is 10.9. The van der Waals surface area contributed by atoms with E-state index < -0.39 is 0 Å². The van der Waals surface area contributed by atoms with E-state index in [1.54, 1.807) is 0 Å². The van der Waals surface area contributed by atoms with Crippen LogP contribution >= 0.6 is 11.8 Å². The molecule has 0 saturated carbocycles. The summed E-state index contributed by atoms with van der Waals surface area (Å²) in [6, 6.07) is 14.6. The Morgan fingerprint density at radius 3 is 2.58 bits per heavy atom. The Balaban J connectivity index is 1.86. The minimum Gasteiger partial charge on any atom is -0.493 e. The van der Waals surface area contributed by atoms with E-state index in [1.807, 2.05) is 47.5 Å². The first-order chi connectivity index (χ1) is 12.5. The Morgan fingerprint density at radius 1 is 1.12 bits per heavy atom. The van der Waals surface area contributed by atoms with E-state index in [1.165, 1.54) is 5.56 Å². The fourth-order valence-electron chi connectivity index (χ4n) is 3.30. The molecule has 0 radical (unpaired) electrons. The van der Waals surface area contributed by atoms with Crippen molar-refractivity contribution in [3.05, 3.63) is 53.6 Å². The van der Waals surface area contributed by atoms with E-state index in [2.05, 4.69) is 42.3 Å². The molecule has 0 amide bonds. The van der Waals surface area contributed by atoms with Crippen molar-refractivity contribution >= 4 is 34.0 Å². The summed E-state index contributed by atoms with van der Waals surface area (Å²) in [5.41, 5.74) is 4.78. The molecule has 0 atom stereocenters. The van der Waals surface area contributed by atoms with Crippen LogP contribution in [0.5, 0.6) is 5.88 Å². The van der Waals surface area contributed by atoms with Gasteiger partial charge in [-0.25, -0.2) is 0 Å². The number of azo groups is 1. The van der Waals surface area contributed by atoms with Crippen LogP contribution in [0.4, 0.5) is 11.4 Å². The highest BCUT2D eigenvalue weighted by Gasteiger charge is 2.27. The maximum absolute atomic E-state index is 10.9. The van der Waals surface area contributed by atoms with Crippen LogP contribution in [-0.4, -0.2) is 21.2 Å². The molecule has 5 heteroatoms. The van der Waals surface area contributed by atoms with Crippen molar-refractivity contribution in [3.63, 3.8) is 0 Å². The summed E-state index contributed by atoms with van der Waals surface area (Å²) < 4.78 is 2.03. The normalized spacial score (nSPS) is 15.2. The maximum Gasteiger partial charge on any atom is 0.221 e. The predicted octanol–water partition coefficient (Wildman–Crippen LogP) is 6.48. The third kappa shape index (κ3) is 3.01. The smallest absolute Gasteiger partial charge is 0.221 e. The summed E-state index contributed by atoms with van der Waals surface area (Å²) in [4.78, 5) is 0. The molecule has 1 saturated heterocycles. The van der Waals surface area contributed by atoms with Crippen LogP contribution < -0.4 is 0 Å². The van der Waals surface area contributed by atoms with Crippen LogP contribution in [0.25, 0.3) is 10.9 Å². The van der Waals surface area contributed by atoms with Gasteiger partial charge in [0.05, 0.1) is 17.2 Å². The van der Waals surface area contributed by atoms with Gasteiger partial charge in [0.1, 0.15) is 0 Å². The summed E-state index contributed by atoms with van der Waals surface area (Å²) in [5, 5.41) is 20.7. The van der Waals surface area contributed by atoms with E-state index in [0.29, 0.717) is 17.6 Å². The van der Waals surface area contributed by atoms with E-state index in [-0.39, 0.29) is 5.88 Å². The van der Waals surface area contributed by atoms with Crippen molar-refractivity contribution in [1.29, 1.82) is 0 Å². The molecule has 0 aliphatic carbocycles.